The molecule has 9 rings (SSSR count). The molecule has 0 radical (unpaired) electrons. The van der Waals surface area contributed by atoms with Crippen LogP contribution in [0.25, 0.3) is 43.1 Å². The van der Waals surface area contributed by atoms with E-state index in [9.17, 15) is 72.0 Å². The monoisotopic (exact) mass is 1120 g/mol. The minimum Gasteiger partial charge on any atom is -0.505 e. The Balaban J connectivity index is 1.10. The maximum absolute atomic E-state index is 12.8. The number of rotatable bonds is 14. The highest BCUT2D eigenvalue weighted by molar-refractivity contribution is 7.86. The highest BCUT2D eigenvalue weighted by atomic mass is 32.2. The first kappa shape index (κ1) is 52.6. The number of aromatic hydroxyl groups is 3. The van der Waals surface area contributed by atoms with Crippen LogP contribution in [-0.2, 0) is 45.3 Å². The largest absolute Gasteiger partial charge is 0.505 e. The van der Waals surface area contributed by atoms with Gasteiger partial charge < -0.3 is 25.8 Å². The number of nitrogens with zero attached hydrogens (tertiary/aromatic N) is 8. The number of phenols is 3. The molecule has 0 heterocycles. The maximum atomic E-state index is 12.8. The maximum Gasteiger partial charge on any atom is 0.298 e. The van der Waals surface area contributed by atoms with Gasteiger partial charge in [-0.25, -0.2) is 0 Å². The van der Waals surface area contributed by atoms with Crippen molar-refractivity contribution in [1.82, 2.24) is 0 Å². The fraction of sp³-hybridized carbons (Fsp3) is 0. The lowest BCUT2D eigenvalue weighted by atomic mass is 10.1. The average molecular weight is 1120 g/mol. The minimum atomic E-state index is -5.17. The molecule has 0 saturated carbocycles. The number of azo groups is 4. The number of carbonyl (C=O) groups excluding carboxylic acids is 1. The number of hydrogen-bond donors (Lipinski definition) is 8. The molecule has 0 aliphatic carbocycles. The molecule has 0 aromatic heterocycles. The lowest BCUT2D eigenvalue weighted by molar-refractivity contribution is -0.120. The third-order valence-electron chi connectivity index (χ3n) is 11.4. The second kappa shape index (κ2) is 19.8. The van der Waals surface area contributed by atoms with Gasteiger partial charge in [-0.2, -0.15) is 38.8 Å². The molecule has 26 nitrogen and oxygen atoms in total. The van der Waals surface area contributed by atoms with Gasteiger partial charge in [0.05, 0.1) is 27.3 Å². The van der Waals surface area contributed by atoms with Crippen molar-refractivity contribution >= 4 is 141 Å². The zero-order chi connectivity index (χ0) is 55.4. The summed E-state index contributed by atoms with van der Waals surface area (Å²) in [6.45, 7) is -0.121. The van der Waals surface area contributed by atoms with E-state index in [0.29, 0.717) is 11.8 Å². The van der Waals surface area contributed by atoms with E-state index >= 15 is 0 Å². The van der Waals surface area contributed by atoms with E-state index in [1.165, 1.54) is 24.3 Å². The van der Waals surface area contributed by atoms with Crippen LogP contribution in [0.5, 0.6) is 23.0 Å². The number of hydrogen-bond acceptors (Lipinski definition) is 22. The van der Waals surface area contributed by atoms with Crippen molar-refractivity contribution in [2.45, 2.75) is 19.6 Å². The Kier molecular flexibility index (Phi) is 13.5. The van der Waals surface area contributed by atoms with Crippen LogP contribution in [0.1, 0.15) is 0 Å². The molecule has 77 heavy (non-hydrogen) atoms. The number of fused-ring (bicyclic) bond motifs is 4. The van der Waals surface area contributed by atoms with Gasteiger partial charge in [0, 0.05) is 27.6 Å². The van der Waals surface area contributed by atoms with Gasteiger partial charge in [0.25, 0.3) is 46.9 Å². The Bertz CT molecular complexity index is 4630. The van der Waals surface area contributed by atoms with E-state index in [2.05, 4.69) is 40.9 Å². The molecular weight excluding hydrogens is 1090 g/mol. The molecule has 0 amide bonds. The molecule has 0 unspecified atom stereocenters. The van der Waals surface area contributed by atoms with Crippen LogP contribution in [0.2, 0.25) is 0 Å². The van der Waals surface area contributed by atoms with Crippen molar-refractivity contribution in [1.29, 1.82) is 0 Å². The number of phenolic OH excluding ortho intramolecular Hbond substituents is 3. The topological polar surface area (TPSA) is 429 Å². The minimum absolute atomic E-state index is 0.0128. The van der Waals surface area contributed by atoms with Gasteiger partial charge in [-0.1, -0.05) is 54.6 Å². The SMILES string of the molecule is Nc1c(N=Nc2ccc3cc(S(=O)(=O)O)c(N=Nc4ccc(S(=O)(=O)O)cc4OC=O)c(O)c3c2)cc(S(=O)(=O)O)c2ccc(N=Nc3cc4c(O)c(N=Nc5cccc6ccccc56)ccc4cc3S(=O)(=O)O)c(O)c12. The van der Waals surface area contributed by atoms with E-state index in [0.717, 1.165) is 65.4 Å². The van der Waals surface area contributed by atoms with Crippen molar-refractivity contribution in [3.8, 4) is 23.0 Å². The molecule has 0 aliphatic heterocycles. The third-order valence-corrected chi connectivity index (χ3v) is 14.9. The molecule has 9 N–H and O–H groups in total. The Hall–Kier alpha value is -9.27. The van der Waals surface area contributed by atoms with Crippen LogP contribution in [0, 0.1) is 0 Å². The second-order valence-corrected chi connectivity index (χ2v) is 21.7. The number of ether oxygens (including phenoxy) is 1. The quantitative estimate of drug-likeness (QED) is 0.0217. The zero-order valence-electron chi connectivity index (χ0n) is 38.2. The summed E-state index contributed by atoms with van der Waals surface area (Å²) in [5, 5.41) is 66.8. The highest BCUT2D eigenvalue weighted by Crippen LogP contribution is 2.48. The van der Waals surface area contributed by atoms with E-state index in [1.54, 1.807) is 12.1 Å². The van der Waals surface area contributed by atoms with Crippen LogP contribution < -0.4 is 10.5 Å². The smallest absolute Gasteiger partial charge is 0.298 e. The Morgan fingerprint density at radius 3 is 1.68 bits per heavy atom. The van der Waals surface area contributed by atoms with Crippen LogP contribution in [-0.4, -0.2) is 73.7 Å². The van der Waals surface area contributed by atoms with Gasteiger partial charge in [-0.15, -0.1) is 35.8 Å². The van der Waals surface area contributed by atoms with E-state index in [-0.39, 0.29) is 44.8 Å². The predicted octanol–water partition coefficient (Wildman–Crippen LogP) is 11.2. The normalized spacial score (nSPS) is 12.9. The summed E-state index contributed by atoms with van der Waals surface area (Å²) in [6, 6.07) is 27.4. The molecule has 0 aliphatic rings. The van der Waals surface area contributed by atoms with Gasteiger partial charge in [-0.05, 0) is 82.9 Å². The molecule has 30 heteroatoms. The average Bonchev–Trinajstić information content (AvgIpc) is 3.36. The summed E-state index contributed by atoms with van der Waals surface area (Å²) >= 11 is 0. The molecule has 0 fully saturated rings. The molecule has 0 bridgehead atoms. The van der Waals surface area contributed by atoms with Crippen molar-refractivity contribution in [3.63, 3.8) is 0 Å². The first-order chi connectivity index (χ1) is 36.3. The van der Waals surface area contributed by atoms with Crippen LogP contribution in [0.3, 0.4) is 0 Å². The van der Waals surface area contributed by atoms with Crippen molar-refractivity contribution < 1.29 is 76.7 Å². The zero-order valence-corrected chi connectivity index (χ0v) is 41.5. The fourth-order valence-corrected chi connectivity index (χ4v) is 10.3. The number of carbonyl (C=O) groups is 1. The van der Waals surface area contributed by atoms with Crippen molar-refractivity contribution in [2.24, 2.45) is 40.9 Å². The summed E-state index contributed by atoms with van der Waals surface area (Å²) in [7, 11) is -20.2. The van der Waals surface area contributed by atoms with Gasteiger partial charge in [0.1, 0.15) is 48.8 Å². The molecule has 0 spiro atoms. The number of benzene rings is 9. The van der Waals surface area contributed by atoms with Gasteiger partial charge in [-0.3, -0.25) is 23.0 Å². The van der Waals surface area contributed by atoms with Gasteiger partial charge >= 0.3 is 0 Å². The summed E-state index contributed by atoms with van der Waals surface area (Å²) < 4.78 is 144. The van der Waals surface area contributed by atoms with E-state index in [1.807, 2.05) is 30.3 Å². The van der Waals surface area contributed by atoms with Gasteiger partial charge in [0.2, 0.25) is 0 Å². The standard InChI is InChI=1S/C47H31N9O17S4/c48-43-37(55-49-26-10-8-24-17-41(77(70,71)72)44(46(59)30(24)18-26)56-51-33-14-11-27(74(61,62)63)19-38(33)73-22-57)21-39(75(64,65)66)29-12-15-35(47(60)42(29)43)53-54-36-20-31-25(16-40(36)76(67,68)69)9-13-34(45(31)58)52-50-32-7-3-5-23-4-1-2-6-28(23)32/h1-22,58-60H,48H2,(H,61,62,63)(H,64,65,66)(H,67,68,69)(H,70,71,72). The summed E-state index contributed by atoms with van der Waals surface area (Å²) in [5.74, 6) is -2.87. The Labute approximate surface area is 432 Å². The molecule has 390 valence electrons. The first-order valence-electron chi connectivity index (χ1n) is 21.3. The molecule has 0 atom stereocenters. The second-order valence-electron chi connectivity index (χ2n) is 16.2. The summed E-state index contributed by atoms with van der Waals surface area (Å²) in [5.41, 5.74) is 3.41. The molecule has 9 aromatic rings. The van der Waals surface area contributed by atoms with Gasteiger partial charge in [0.15, 0.2) is 23.0 Å². The van der Waals surface area contributed by atoms with E-state index < -0.39 is 123 Å². The molecular formula is C47H31N9O17S4. The van der Waals surface area contributed by atoms with Crippen molar-refractivity contribution in [2.75, 3.05) is 5.73 Å². The number of anilines is 1. The number of nitrogens with two attached hydrogens (primary N) is 1. The third kappa shape index (κ3) is 10.6. The molecule has 9 aromatic carbocycles. The van der Waals surface area contributed by atoms with Crippen LogP contribution in [0.4, 0.5) is 51.2 Å². The molecule has 0 saturated heterocycles. The predicted molar refractivity (Wildman–Crippen MR) is 274 cm³/mol. The van der Waals surface area contributed by atoms with Crippen LogP contribution >= 0.6 is 0 Å². The fourth-order valence-electron chi connectivity index (χ4n) is 7.82. The summed E-state index contributed by atoms with van der Waals surface area (Å²) in [4.78, 5) is 7.81. The van der Waals surface area contributed by atoms with Crippen molar-refractivity contribution in [3.05, 3.63) is 127 Å². The van der Waals surface area contributed by atoms with Crippen LogP contribution in [0.15, 0.2) is 188 Å². The Morgan fingerprint density at radius 1 is 0.416 bits per heavy atom. The Morgan fingerprint density at radius 2 is 0.987 bits per heavy atom. The first-order valence-corrected chi connectivity index (χ1v) is 27.0. The van der Waals surface area contributed by atoms with E-state index in [4.69, 9.17) is 10.5 Å². The summed E-state index contributed by atoms with van der Waals surface area (Å²) in [6.07, 6.45) is 0. The lowest BCUT2D eigenvalue weighted by Gasteiger charge is -2.12. The number of nitrogen functional groups attached to an aromatic ring is 1. The highest BCUT2D eigenvalue weighted by Gasteiger charge is 2.26. The lowest BCUT2D eigenvalue weighted by Crippen LogP contribution is -2.01.